The number of likely N-dealkylation sites (tertiary alicyclic amines) is 1. The summed E-state index contributed by atoms with van der Waals surface area (Å²) in [5.74, 6) is -0.456. The molecule has 0 saturated carbocycles. The quantitative estimate of drug-likeness (QED) is 0.490. The van der Waals surface area contributed by atoms with Crippen LogP contribution < -0.4 is 10.1 Å². The Morgan fingerprint density at radius 3 is 2.25 bits per heavy atom. The second-order valence-corrected chi connectivity index (χ2v) is 9.72. The van der Waals surface area contributed by atoms with E-state index in [0.29, 0.717) is 11.3 Å². The second kappa shape index (κ2) is 13.1. The zero-order chi connectivity index (χ0) is 26.1. The van der Waals surface area contributed by atoms with Crippen LogP contribution in [0.3, 0.4) is 0 Å². The van der Waals surface area contributed by atoms with Gasteiger partial charge in [0.25, 0.3) is 11.8 Å². The molecular formula is C29H38N2O5. The van der Waals surface area contributed by atoms with Gasteiger partial charge < -0.3 is 19.7 Å². The Labute approximate surface area is 214 Å². The fourth-order valence-corrected chi connectivity index (χ4v) is 4.56. The molecule has 7 heteroatoms. The topological polar surface area (TPSA) is 84.9 Å². The second-order valence-electron chi connectivity index (χ2n) is 9.72. The number of carbonyl (C=O) groups is 3. The monoisotopic (exact) mass is 494 g/mol. The fraction of sp³-hybridized carbons (Fsp3) is 0.483. The number of nitrogens with zero attached hydrogens (tertiary/aromatic N) is 1. The number of piperidine rings is 1. The molecule has 2 aromatic rings. The predicted molar refractivity (Wildman–Crippen MR) is 139 cm³/mol. The van der Waals surface area contributed by atoms with Crippen LogP contribution in [0.5, 0.6) is 5.75 Å². The molecule has 36 heavy (non-hydrogen) atoms. The molecule has 194 valence electrons. The molecule has 1 N–H and O–H groups in total. The van der Waals surface area contributed by atoms with Crippen molar-refractivity contribution in [3.63, 3.8) is 0 Å². The number of benzene rings is 2. The van der Waals surface area contributed by atoms with Crippen molar-refractivity contribution in [3.05, 3.63) is 65.7 Å². The van der Waals surface area contributed by atoms with Gasteiger partial charge in [-0.15, -0.1) is 0 Å². The van der Waals surface area contributed by atoms with Crippen LogP contribution >= 0.6 is 0 Å². The summed E-state index contributed by atoms with van der Waals surface area (Å²) < 4.78 is 11.0. The smallest absolute Gasteiger partial charge is 0.338 e. The van der Waals surface area contributed by atoms with Gasteiger partial charge in [0.05, 0.1) is 5.56 Å². The van der Waals surface area contributed by atoms with E-state index in [0.717, 1.165) is 32.1 Å². The van der Waals surface area contributed by atoms with Gasteiger partial charge in [-0.3, -0.25) is 9.59 Å². The summed E-state index contributed by atoms with van der Waals surface area (Å²) in [4.78, 5) is 39.5. The van der Waals surface area contributed by atoms with Gasteiger partial charge in [0.1, 0.15) is 5.75 Å². The Hall–Kier alpha value is -3.35. The van der Waals surface area contributed by atoms with E-state index < -0.39 is 12.1 Å². The largest absolute Gasteiger partial charge is 0.484 e. The highest BCUT2D eigenvalue weighted by molar-refractivity contribution is 5.92. The molecule has 1 aliphatic heterocycles. The molecule has 1 heterocycles. The molecule has 1 saturated heterocycles. The van der Waals surface area contributed by atoms with Crippen LogP contribution in [0.1, 0.15) is 69.3 Å². The van der Waals surface area contributed by atoms with E-state index in [1.165, 1.54) is 5.56 Å². The molecule has 4 atom stereocenters. The van der Waals surface area contributed by atoms with Crippen molar-refractivity contribution in [2.75, 3.05) is 6.61 Å². The van der Waals surface area contributed by atoms with Crippen LogP contribution in [0.25, 0.3) is 0 Å². The predicted octanol–water partition coefficient (Wildman–Crippen LogP) is 4.54. The molecule has 4 unspecified atom stereocenters. The van der Waals surface area contributed by atoms with E-state index >= 15 is 0 Å². The summed E-state index contributed by atoms with van der Waals surface area (Å²) in [6.45, 7) is 7.59. The first-order chi connectivity index (χ1) is 17.2. The normalized spacial score (nSPS) is 19.2. The van der Waals surface area contributed by atoms with Crippen LogP contribution in [0, 0.1) is 0 Å². The minimum absolute atomic E-state index is 0.0315. The molecular weight excluding hydrogens is 456 g/mol. The number of esters is 1. The van der Waals surface area contributed by atoms with Crippen molar-refractivity contribution < 1.29 is 23.9 Å². The Kier molecular flexibility index (Phi) is 9.91. The zero-order valence-electron chi connectivity index (χ0n) is 21.7. The fourth-order valence-electron chi connectivity index (χ4n) is 4.56. The SMILES string of the molecule is CC(CCc1ccccc1)NC(=O)C(C)OC(=O)c1ccc(OCC(=O)N2C(C)CCCC2C)cc1. The number of hydrogen-bond acceptors (Lipinski definition) is 5. The molecule has 0 aromatic heterocycles. The van der Waals surface area contributed by atoms with Crippen LogP contribution in [-0.4, -0.2) is 53.5 Å². The van der Waals surface area contributed by atoms with Gasteiger partial charge in [-0.2, -0.15) is 0 Å². The first-order valence-electron chi connectivity index (χ1n) is 12.8. The van der Waals surface area contributed by atoms with Crippen LogP contribution in [0.4, 0.5) is 0 Å². The Morgan fingerprint density at radius 1 is 0.972 bits per heavy atom. The Balaban J connectivity index is 1.42. The Bertz CT molecular complexity index is 998. The molecule has 3 rings (SSSR count). The highest BCUT2D eigenvalue weighted by Gasteiger charge is 2.29. The lowest BCUT2D eigenvalue weighted by Crippen LogP contribution is -2.49. The summed E-state index contributed by atoms with van der Waals surface area (Å²) in [6.07, 6.45) is 3.88. The molecule has 2 amide bonds. The van der Waals surface area contributed by atoms with Crippen molar-refractivity contribution in [1.29, 1.82) is 0 Å². The van der Waals surface area contributed by atoms with E-state index in [1.807, 2.05) is 30.0 Å². The molecule has 2 aromatic carbocycles. The molecule has 0 spiro atoms. The van der Waals surface area contributed by atoms with Crippen molar-refractivity contribution in [2.45, 2.75) is 84.0 Å². The van der Waals surface area contributed by atoms with Gasteiger partial charge in [-0.25, -0.2) is 4.79 Å². The number of carbonyl (C=O) groups excluding carboxylic acids is 3. The number of rotatable bonds is 10. The van der Waals surface area contributed by atoms with Gasteiger partial charge in [0.15, 0.2) is 12.7 Å². The lowest BCUT2D eigenvalue weighted by atomic mass is 9.97. The molecule has 7 nitrogen and oxygen atoms in total. The zero-order valence-corrected chi connectivity index (χ0v) is 21.7. The molecule has 1 aliphatic rings. The summed E-state index contributed by atoms with van der Waals surface area (Å²) in [6, 6.07) is 16.9. The van der Waals surface area contributed by atoms with E-state index in [9.17, 15) is 14.4 Å². The van der Waals surface area contributed by atoms with Crippen LogP contribution in [0.2, 0.25) is 0 Å². The van der Waals surface area contributed by atoms with Crippen LogP contribution in [0.15, 0.2) is 54.6 Å². The number of amides is 2. The molecule has 0 radical (unpaired) electrons. The van der Waals surface area contributed by atoms with Gasteiger partial charge in [0.2, 0.25) is 0 Å². The van der Waals surface area contributed by atoms with Crippen molar-refractivity contribution in [3.8, 4) is 5.75 Å². The summed E-state index contributed by atoms with van der Waals surface area (Å²) in [7, 11) is 0. The third-order valence-corrected chi connectivity index (χ3v) is 6.68. The van der Waals surface area contributed by atoms with E-state index in [4.69, 9.17) is 9.47 Å². The average molecular weight is 495 g/mol. The summed E-state index contributed by atoms with van der Waals surface area (Å²) in [5, 5.41) is 2.90. The summed E-state index contributed by atoms with van der Waals surface area (Å²) in [5.41, 5.74) is 1.52. The number of hydrogen-bond donors (Lipinski definition) is 1. The van der Waals surface area contributed by atoms with Crippen molar-refractivity contribution >= 4 is 17.8 Å². The first-order valence-corrected chi connectivity index (χ1v) is 12.8. The minimum Gasteiger partial charge on any atom is -0.484 e. The lowest BCUT2D eigenvalue weighted by Gasteiger charge is -2.38. The number of ether oxygens (including phenoxy) is 2. The maximum atomic E-state index is 12.6. The standard InChI is InChI=1S/C29H38N2O5/c1-20(13-14-24-11-6-5-7-12-24)30-28(33)23(4)36-29(34)25-15-17-26(18-16-25)35-19-27(32)31-21(2)9-8-10-22(31)3/h5-7,11-12,15-18,20-23H,8-10,13-14,19H2,1-4H3,(H,30,33). The molecule has 0 aliphatic carbocycles. The van der Waals surface area contributed by atoms with Crippen LogP contribution in [-0.2, 0) is 20.7 Å². The first kappa shape index (κ1) is 27.2. The number of nitrogens with one attached hydrogen (secondary N) is 1. The van der Waals surface area contributed by atoms with Crippen molar-refractivity contribution in [2.24, 2.45) is 0 Å². The van der Waals surface area contributed by atoms with E-state index in [2.05, 4.69) is 31.3 Å². The van der Waals surface area contributed by atoms with E-state index in [-0.39, 0.29) is 36.5 Å². The third-order valence-electron chi connectivity index (χ3n) is 6.68. The maximum absolute atomic E-state index is 12.6. The highest BCUT2D eigenvalue weighted by atomic mass is 16.5. The average Bonchev–Trinajstić information content (AvgIpc) is 2.87. The summed E-state index contributed by atoms with van der Waals surface area (Å²) >= 11 is 0. The van der Waals surface area contributed by atoms with Crippen molar-refractivity contribution in [1.82, 2.24) is 10.2 Å². The highest BCUT2D eigenvalue weighted by Crippen LogP contribution is 2.23. The third kappa shape index (κ3) is 7.83. The van der Waals surface area contributed by atoms with E-state index in [1.54, 1.807) is 31.2 Å². The van der Waals surface area contributed by atoms with Gasteiger partial charge in [0, 0.05) is 18.1 Å². The molecule has 1 fully saturated rings. The van der Waals surface area contributed by atoms with Gasteiger partial charge >= 0.3 is 5.97 Å². The maximum Gasteiger partial charge on any atom is 0.338 e. The Morgan fingerprint density at radius 2 is 1.61 bits per heavy atom. The lowest BCUT2D eigenvalue weighted by molar-refractivity contribution is -0.139. The minimum atomic E-state index is -0.918. The molecule has 0 bridgehead atoms. The van der Waals surface area contributed by atoms with Gasteiger partial charge in [-0.1, -0.05) is 30.3 Å². The number of aryl methyl sites for hydroxylation is 1. The van der Waals surface area contributed by atoms with Gasteiger partial charge in [-0.05, 0) is 89.6 Å².